The molecule has 21 heavy (non-hydrogen) atoms. The van der Waals surface area contributed by atoms with Crippen LogP contribution in [0.1, 0.15) is 32.3 Å². The largest absolute Gasteiger partial charge is 0.471 e. The summed E-state index contributed by atoms with van der Waals surface area (Å²) in [6, 6.07) is 7.21. The van der Waals surface area contributed by atoms with Gasteiger partial charge in [0.15, 0.2) is 6.23 Å². The monoisotopic (exact) mass is 294 g/mol. The summed E-state index contributed by atoms with van der Waals surface area (Å²) < 4.78 is 9.98. The zero-order chi connectivity index (χ0) is 15.8. The van der Waals surface area contributed by atoms with Crippen molar-refractivity contribution in [3.05, 3.63) is 29.8 Å². The van der Waals surface area contributed by atoms with Gasteiger partial charge in [0.2, 0.25) is 0 Å². The molecule has 0 saturated carbocycles. The molecule has 0 spiro atoms. The Hall–Kier alpha value is -2.24. The highest BCUT2D eigenvalue weighted by Gasteiger charge is 2.10. The van der Waals surface area contributed by atoms with Crippen molar-refractivity contribution in [3.8, 4) is 5.75 Å². The molecule has 0 aliphatic rings. The molecule has 0 heterocycles. The van der Waals surface area contributed by atoms with E-state index in [0.29, 0.717) is 11.7 Å². The molecule has 0 aromatic heterocycles. The van der Waals surface area contributed by atoms with Crippen molar-refractivity contribution in [2.24, 2.45) is 0 Å². The van der Waals surface area contributed by atoms with E-state index in [1.165, 1.54) is 12.7 Å². The predicted molar refractivity (Wildman–Crippen MR) is 79.2 cm³/mol. The van der Waals surface area contributed by atoms with E-state index in [2.05, 4.69) is 29.2 Å². The van der Waals surface area contributed by atoms with Crippen LogP contribution in [0.25, 0.3) is 0 Å². The van der Waals surface area contributed by atoms with Crippen LogP contribution in [0.4, 0.5) is 4.79 Å². The molecule has 0 radical (unpaired) electrons. The number of carbonyl (C=O) groups excluding carboxylic acids is 2. The van der Waals surface area contributed by atoms with Crippen LogP contribution in [0, 0.1) is 0 Å². The lowest BCUT2D eigenvalue weighted by atomic mass is 10.0. The van der Waals surface area contributed by atoms with E-state index in [-0.39, 0.29) is 6.54 Å². The van der Waals surface area contributed by atoms with Crippen molar-refractivity contribution in [2.45, 2.75) is 32.9 Å². The molecule has 2 amide bonds. The molecule has 1 rings (SSSR count). The third-order valence-corrected chi connectivity index (χ3v) is 2.81. The average Bonchev–Trinajstić information content (AvgIpc) is 2.45. The summed E-state index contributed by atoms with van der Waals surface area (Å²) in [5.74, 6) is 0.613. The van der Waals surface area contributed by atoms with E-state index in [1.807, 2.05) is 24.3 Å². The number of rotatable bonds is 6. The lowest BCUT2D eigenvalue weighted by Crippen LogP contribution is -2.45. The maximum atomic E-state index is 11.5. The molecule has 0 bridgehead atoms. The topological polar surface area (TPSA) is 76.7 Å². The second-order valence-corrected chi connectivity index (χ2v) is 4.89. The molecule has 0 saturated heterocycles. The fraction of sp³-hybridized carbons (Fsp3) is 0.467. The zero-order valence-corrected chi connectivity index (χ0v) is 12.8. The summed E-state index contributed by atoms with van der Waals surface area (Å²) in [5, 5.41) is 4.93. The molecule has 0 aliphatic carbocycles. The second-order valence-electron chi connectivity index (χ2n) is 4.89. The van der Waals surface area contributed by atoms with Gasteiger partial charge < -0.3 is 20.1 Å². The van der Waals surface area contributed by atoms with E-state index in [4.69, 9.17) is 4.74 Å². The number of methoxy groups -OCH3 is 1. The van der Waals surface area contributed by atoms with E-state index >= 15 is 0 Å². The van der Waals surface area contributed by atoms with Gasteiger partial charge in [0, 0.05) is 0 Å². The first-order valence-electron chi connectivity index (χ1n) is 6.80. The fourth-order valence-electron chi connectivity index (χ4n) is 1.63. The normalized spacial score (nSPS) is 11.7. The number of ether oxygens (including phenoxy) is 2. The summed E-state index contributed by atoms with van der Waals surface area (Å²) in [5.41, 5.74) is 1.22. The standard InChI is InChI=1S/C15H22N2O4/c1-10(2)12-5-7-13(8-6-12)21-11(3)17-15(19)16-9-14(18)20-4/h5-8,10-11H,9H2,1-4H3,(H2,16,17,19). The third kappa shape index (κ3) is 6.16. The third-order valence-electron chi connectivity index (χ3n) is 2.81. The molecule has 6 nitrogen and oxygen atoms in total. The van der Waals surface area contributed by atoms with Gasteiger partial charge in [0.25, 0.3) is 0 Å². The zero-order valence-electron chi connectivity index (χ0n) is 12.8. The highest BCUT2D eigenvalue weighted by atomic mass is 16.5. The smallest absolute Gasteiger partial charge is 0.325 e. The van der Waals surface area contributed by atoms with Crippen LogP contribution in [0.3, 0.4) is 0 Å². The van der Waals surface area contributed by atoms with Crippen molar-refractivity contribution < 1.29 is 19.1 Å². The predicted octanol–water partition coefficient (Wildman–Crippen LogP) is 2.01. The van der Waals surface area contributed by atoms with Gasteiger partial charge in [0.1, 0.15) is 12.3 Å². The van der Waals surface area contributed by atoms with Crippen LogP contribution >= 0.6 is 0 Å². The Labute approximate surface area is 124 Å². The molecule has 116 valence electrons. The van der Waals surface area contributed by atoms with Crippen LogP contribution < -0.4 is 15.4 Å². The Morgan fingerprint density at radius 3 is 2.29 bits per heavy atom. The van der Waals surface area contributed by atoms with Crippen LogP contribution in [-0.4, -0.2) is 31.9 Å². The van der Waals surface area contributed by atoms with E-state index in [0.717, 1.165) is 0 Å². The number of benzene rings is 1. The van der Waals surface area contributed by atoms with Gasteiger partial charge in [-0.15, -0.1) is 0 Å². The highest BCUT2D eigenvalue weighted by Crippen LogP contribution is 2.19. The Morgan fingerprint density at radius 2 is 1.76 bits per heavy atom. The molecular formula is C15H22N2O4. The van der Waals surface area contributed by atoms with Crippen LogP contribution in [0.15, 0.2) is 24.3 Å². The number of hydrogen-bond acceptors (Lipinski definition) is 4. The van der Waals surface area contributed by atoms with Crippen molar-refractivity contribution in [1.82, 2.24) is 10.6 Å². The number of urea groups is 1. The van der Waals surface area contributed by atoms with Gasteiger partial charge >= 0.3 is 12.0 Å². The summed E-state index contributed by atoms with van der Waals surface area (Å²) in [6.45, 7) is 5.75. The van der Waals surface area contributed by atoms with E-state index in [1.54, 1.807) is 6.92 Å². The first-order chi connectivity index (χ1) is 9.92. The number of hydrogen-bond donors (Lipinski definition) is 2. The summed E-state index contributed by atoms with van der Waals surface area (Å²) in [4.78, 5) is 22.4. The first kappa shape index (κ1) is 16.8. The minimum Gasteiger partial charge on any atom is -0.471 e. The molecule has 1 aromatic rings. The Morgan fingerprint density at radius 1 is 1.14 bits per heavy atom. The van der Waals surface area contributed by atoms with Crippen LogP contribution in [0.5, 0.6) is 5.75 Å². The molecule has 6 heteroatoms. The van der Waals surface area contributed by atoms with E-state index < -0.39 is 18.2 Å². The maximum absolute atomic E-state index is 11.5. The second kappa shape index (κ2) is 8.14. The van der Waals surface area contributed by atoms with E-state index in [9.17, 15) is 9.59 Å². The van der Waals surface area contributed by atoms with Crippen molar-refractivity contribution in [1.29, 1.82) is 0 Å². The molecule has 1 aromatic carbocycles. The van der Waals surface area contributed by atoms with Crippen molar-refractivity contribution in [3.63, 3.8) is 0 Å². The van der Waals surface area contributed by atoms with Gasteiger partial charge in [-0.1, -0.05) is 26.0 Å². The number of nitrogens with one attached hydrogen (secondary N) is 2. The fourth-order valence-corrected chi connectivity index (χ4v) is 1.63. The number of amides is 2. The van der Waals surface area contributed by atoms with Gasteiger partial charge in [-0.05, 0) is 30.5 Å². The van der Waals surface area contributed by atoms with Crippen molar-refractivity contribution in [2.75, 3.05) is 13.7 Å². The Balaban J connectivity index is 2.40. The van der Waals surface area contributed by atoms with Gasteiger partial charge in [-0.3, -0.25) is 4.79 Å². The van der Waals surface area contributed by atoms with Gasteiger partial charge in [-0.2, -0.15) is 0 Å². The minimum atomic E-state index is -0.521. The lowest BCUT2D eigenvalue weighted by molar-refractivity contribution is -0.139. The molecule has 2 N–H and O–H groups in total. The maximum Gasteiger partial charge on any atom is 0.325 e. The molecule has 0 aliphatic heterocycles. The van der Waals surface area contributed by atoms with Gasteiger partial charge in [0.05, 0.1) is 7.11 Å². The first-order valence-corrected chi connectivity index (χ1v) is 6.80. The minimum absolute atomic E-state index is 0.182. The van der Waals surface area contributed by atoms with Crippen LogP contribution in [0.2, 0.25) is 0 Å². The molecule has 0 fully saturated rings. The molecular weight excluding hydrogens is 272 g/mol. The number of esters is 1. The lowest BCUT2D eigenvalue weighted by Gasteiger charge is -2.17. The summed E-state index contributed by atoms with van der Waals surface area (Å²) in [7, 11) is 1.26. The SMILES string of the molecule is COC(=O)CNC(=O)NC(C)Oc1ccc(C(C)C)cc1. The Bertz CT molecular complexity index is 471. The van der Waals surface area contributed by atoms with Gasteiger partial charge in [-0.25, -0.2) is 4.79 Å². The van der Waals surface area contributed by atoms with Crippen LogP contribution in [-0.2, 0) is 9.53 Å². The Kier molecular flexibility index (Phi) is 6.52. The molecule has 1 unspecified atom stereocenters. The molecule has 1 atom stereocenters. The number of carbonyl (C=O) groups is 2. The van der Waals surface area contributed by atoms with Crippen molar-refractivity contribution >= 4 is 12.0 Å². The summed E-state index contributed by atoms with van der Waals surface area (Å²) in [6.07, 6.45) is -0.521. The average molecular weight is 294 g/mol. The summed E-state index contributed by atoms with van der Waals surface area (Å²) >= 11 is 0. The quantitative estimate of drug-likeness (QED) is 0.621. The highest BCUT2D eigenvalue weighted by molar-refractivity contribution is 5.80.